The van der Waals surface area contributed by atoms with Crippen molar-refractivity contribution in [3.63, 3.8) is 0 Å². The van der Waals surface area contributed by atoms with E-state index in [0.29, 0.717) is 30.6 Å². The van der Waals surface area contributed by atoms with Crippen LogP contribution in [0.2, 0.25) is 0 Å². The Hall–Kier alpha value is -0.960. The summed E-state index contributed by atoms with van der Waals surface area (Å²) in [6, 6.07) is 3.74. The number of furan rings is 1. The van der Waals surface area contributed by atoms with Gasteiger partial charge >= 0.3 is 0 Å². The quantitative estimate of drug-likeness (QED) is 0.807. The van der Waals surface area contributed by atoms with Crippen molar-refractivity contribution < 1.29 is 9.21 Å². The van der Waals surface area contributed by atoms with Crippen molar-refractivity contribution in [1.82, 2.24) is 5.32 Å². The first-order chi connectivity index (χ1) is 8.79. The molecule has 1 aromatic rings. The van der Waals surface area contributed by atoms with E-state index in [-0.39, 0.29) is 5.91 Å². The average Bonchev–Trinajstić information content (AvgIpc) is 3.04. The SMILES string of the molecule is O=C(CCc1ccco1)NCC1CCCC1CCl. The van der Waals surface area contributed by atoms with Crippen LogP contribution in [0.4, 0.5) is 0 Å². The van der Waals surface area contributed by atoms with Gasteiger partial charge in [-0.15, -0.1) is 11.6 Å². The zero-order chi connectivity index (χ0) is 12.8. The number of carbonyl (C=O) groups is 1. The van der Waals surface area contributed by atoms with Gasteiger partial charge in [0.15, 0.2) is 0 Å². The van der Waals surface area contributed by atoms with Crippen LogP contribution in [0.5, 0.6) is 0 Å². The van der Waals surface area contributed by atoms with Crippen molar-refractivity contribution in [3.05, 3.63) is 24.2 Å². The van der Waals surface area contributed by atoms with Gasteiger partial charge in [-0.05, 0) is 36.8 Å². The number of rotatable bonds is 6. The molecule has 1 amide bonds. The molecule has 100 valence electrons. The summed E-state index contributed by atoms with van der Waals surface area (Å²) in [6.07, 6.45) is 6.43. The van der Waals surface area contributed by atoms with Crippen LogP contribution in [0.25, 0.3) is 0 Å². The van der Waals surface area contributed by atoms with Crippen LogP contribution < -0.4 is 5.32 Å². The molecule has 1 aromatic heterocycles. The van der Waals surface area contributed by atoms with E-state index in [1.54, 1.807) is 6.26 Å². The van der Waals surface area contributed by atoms with E-state index < -0.39 is 0 Å². The Morgan fingerprint density at radius 2 is 2.28 bits per heavy atom. The highest BCUT2D eigenvalue weighted by molar-refractivity contribution is 6.18. The minimum atomic E-state index is 0.103. The Morgan fingerprint density at radius 1 is 1.44 bits per heavy atom. The highest BCUT2D eigenvalue weighted by atomic mass is 35.5. The minimum Gasteiger partial charge on any atom is -0.469 e. The topological polar surface area (TPSA) is 42.2 Å². The van der Waals surface area contributed by atoms with Gasteiger partial charge in [0.05, 0.1) is 6.26 Å². The summed E-state index contributed by atoms with van der Waals surface area (Å²) >= 11 is 5.92. The van der Waals surface area contributed by atoms with E-state index in [4.69, 9.17) is 16.0 Å². The number of amides is 1. The van der Waals surface area contributed by atoms with Gasteiger partial charge in [0.1, 0.15) is 5.76 Å². The van der Waals surface area contributed by atoms with Crippen molar-refractivity contribution in [2.75, 3.05) is 12.4 Å². The molecule has 0 saturated heterocycles. The molecule has 0 spiro atoms. The summed E-state index contributed by atoms with van der Waals surface area (Å²) in [5, 5.41) is 3.01. The van der Waals surface area contributed by atoms with E-state index >= 15 is 0 Å². The van der Waals surface area contributed by atoms with Crippen LogP contribution in [-0.2, 0) is 11.2 Å². The largest absolute Gasteiger partial charge is 0.469 e. The second-order valence-electron chi connectivity index (χ2n) is 4.99. The van der Waals surface area contributed by atoms with E-state index in [1.807, 2.05) is 12.1 Å². The number of hydrogen-bond acceptors (Lipinski definition) is 2. The van der Waals surface area contributed by atoms with Crippen LogP contribution in [0.1, 0.15) is 31.4 Å². The molecule has 1 saturated carbocycles. The maximum atomic E-state index is 11.7. The molecule has 0 aromatic carbocycles. The van der Waals surface area contributed by atoms with Crippen molar-refractivity contribution in [3.8, 4) is 0 Å². The number of alkyl halides is 1. The predicted molar refractivity (Wildman–Crippen MR) is 71.6 cm³/mol. The van der Waals surface area contributed by atoms with E-state index in [1.165, 1.54) is 19.3 Å². The summed E-state index contributed by atoms with van der Waals surface area (Å²) in [6.45, 7) is 0.772. The lowest BCUT2D eigenvalue weighted by atomic mass is 9.98. The molecule has 4 heteroatoms. The first-order valence-corrected chi connectivity index (χ1v) is 7.18. The minimum absolute atomic E-state index is 0.103. The molecule has 2 unspecified atom stereocenters. The van der Waals surface area contributed by atoms with E-state index in [0.717, 1.165) is 12.3 Å². The third kappa shape index (κ3) is 3.77. The smallest absolute Gasteiger partial charge is 0.220 e. The molecular formula is C14H20ClNO2. The van der Waals surface area contributed by atoms with Gasteiger partial charge in [-0.1, -0.05) is 6.42 Å². The third-order valence-electron chi connectivity index (χ3n) is 3.75. The van der Waals surface area contributed by atoms with Crippen LogP contribution in [0.15, 0.2) is 22.8 Å². The highest BCUT2D eigenvalue weighted by Gasteiger charge is 2.26. The zero-order valence-corrected chi connectivity index (χ0v) is 11.3. The molecule has 1 fully saturated rings. The number of carbonyl (C=O) groups excluding carboxylic acids is 1. The molecule has 1 aliphatic carbocycles. The highest BCUT2D eigenvalue weighted by Crippen LogP contribution is 2.31. The normalized spacial score (nSPS) is 23.2. The van der Waals surface area contributed by atoms with Gasteiger partial charge in [0, 0.05) is 25.3 Å². The lowest BCUT2D eigenvalue weighted by Crippen LogP contribution is -2.31. The molecule has 2 atom stereocenters. The van der Waals surface area contributed by atoms with Crippen molar-refractivity contribution >= 4 is 17.5 Å². The van der Waals surface area contributed by atoms with Crippen LogP contribution in [0.3, 0.4) is 0 Å². The fraction of sp³-hybridized carbons (Fsp3) is 0.643. The fourth-order valence-electron chi connectivity index (χ4n) is 2.61. The van der Waals surface area contributed by atoms with Gasteiger partial charge in [0.2, 0.25) is 5.91 Å². The number of nitrogens with one attached hydrogen (secondary N) is 1. The zero-order valence-electron chi connectivity index (χ0n) is 10.5. The van der Waals surface area contributed by atoms with Crippen molar-refractivity contribution in [2.24, 2.45) is 11.8 Å². The molecule has 18 heavy (non-hydrogen) atoms. The fourth-order valence-corrected chi connectivity index (χ4v) is 3.02. The standard InChI is InChI=1S/C14H20ClNO2/c15-9-11-3-1-4-12(11)10-16-14(17)7-6-13-5-2-8-18-13/h2,5,8,11-12H,1,3-4,6-7,9-10H2,(H,16,17). The van der Waals surface area contributed by atoms with E-state index in [9.17, 15) is 4.79 Å². The van der Waals surface area contributed by atoms with Crippen molar-refractivity contribution in [1.29, 1.82) is 0 Å². The van der Waals surface area contributed by atoms with Crippen LogP contribution >= 0.6 is 11.6 Å². The van der Waals surface area contributed by atoms with Gasteiger partial charge in [-0.2, -0.15) is 0 Å². The maximum Gasteiger partial charge on any atom is 0.220 e. The van der Waals surface area contributed by atoms with Crippen LogP contribution in [0, 0.1) is 11.8 Å². The lowest BCUT2D eigenvalue weighted by Gasteiger charge is -2.17. The predicted octanol–water partition coefficient (Wildman–Crippen LogP) is 2.98. The molecule has 0 aliphatic heterocycles. The Bertz CT molecular complexity index is 364. The lowest BCUT2D eigenvalue weighted by molar-refractivity contribution is -0.121. The number of aryl methyl sites for hydroxylation is 1. The number of halogens is 1. The summed E-state index contributed by atoms with van der Waals surface area (Å²) in [5.74, 6) is 2.83. The Balaban J connectivity index is 1.65. The molecule has 1 N–H and O–H groups in total. The second-order valence-corrected chi connectivity index (χ2v) is 5.30. The summed E-state index contributed by atoms with van der Waals surface area (Å²) in [7, 11) is 0. The maximum absolute atomic E-state index is 11.7. The Kier molecular flexibility index (Phi) is 5.12. The summed E-state index contributed by atoms with van der Waals surface area (Å²) < 4.78 is 5.20. The first-order valence-electron chi connectivity index (χ1n) is 6.64. The molecule has 2 rings (SSSR count). The van der Waals surface area contributed by atoms with Gasteiger partial charge in [-0.25, -0.2) is 0 Å². The van der Waals surface area contributed by atoms with E-state index in [2.05, 4.69) is 5.32 Å². The molecule has 1 aliphatic rings. The molecule has 1 heterocycles. The average molecular weight is 270 g/mol. The third-order valence-corrected chi connectivity index (χ3v) is 4.15. The van der Waals surface area contributed by atoms with Crippen LogP contribution in [-0.4, -0.2) is 18.3 Å². The monoisotopic (exact) mass is 269 g/mol. The summed E-state index contributed by atoms with van der Waals surface area (Å²) in [5.41, 5.74) is 0. The van der Waals surface area contributed by atoms with Gasteiger partial charge < -0.3 is 9.73 Å². The van der Waals surface area contributed by atoms with Crippen molar-refractivity contribution in [2.45, 2.75) is 32.1 Å². The van der Waals surface area contributed by atoms with Gasteiger partial charge in [0.25, 0.3) is 0 Å². The second kappa shape index (κ2) is 6.83. The molecule has 0 radical (unpaired) electrons. The molecule has 0 bridgehead atoms. The molecular weight excluding hydrogens is 250 g/mol. The summed E-state index contributed by atoms with van der Waals surface area (Å²) in [4.78, 5) is 11.7. The molecule has 3 nitrogen and oxygen atoms in total. The Morgan fingerprint density at radius 3 is 3.00 bits per heavy atom. The van der Waals surface area contributed by atoms with Gasteiger partial charge in [-0.3, -0.25) is 4.79 Å². The first kappa shape index (κ1) is 13.5. The Labute approximate surface area is 113 Å². The number of hydrogen-bond donors (Lipinski definition) is 1.